The lowest BCUT2D eigenvalue weighted by atomic mass is 10.1. The SMILES string of the molecule is COc1ccc(CN2CCN(Cc3cc4cc(-c5cccnc5)ccc4o3)CC2)cc1. The molecule has 1 fully saturated rings. The van der Waals surface area contributed by atoms with Crippen LogP contribution in [0.3, 0.4) is 0 Å². The van der Waals surface area contributed by atoms with Crippen molar-refractivity contribution < 1.29 is 9.15 Å². The Morgan fingerprint density at radius 2 is 1.65 bits per heavy atom. The van der Waals surface area contributed by atoms with Crippen LogP contribution in [0.15, 0.2) is 77.5 Å². The molecule has 1 aliphatic heterocycles. The molecule has 5 rings (SSSR count). The number of fused-ring (bicyclic) bond motifs is 1. The molecule has 5 heteroatoms. The summed E-state index contributed by atoms with van der Waals surface area (Å²) in [5.41, 5.74) is 4.57. The van der Waals surface area contributed by atoms with Gasteiger partial charge in [-0.3, -0.25) is 14.8 Å². The van der Waals surface area contributed by atoms with Crippen LogP contribution in [0.4, 0.5) is 0 Å². The van der Waals surface area contributed by atoms with Gasteiger partial charge in [0.2, 0.25) is 0 Å². The smallest absolute Gasteiger partial charge is 0.134 e. The van der Waals surface area contributed by atoms with E-state index in [2.05, 4.69) is 57.2 Å². The van der Waals surface area contributed by atoms with Crippen molar-refractivity contribution in [3.63, 3.8) is 0 Å². The fourth-order valence-electron chi connectivity index (χ4n) is 4.20. The van der Waals surface area contributed by atoms with Crippen LogP contribution in [0.2, 0.25) is 0 Å². The van der Waals surface area contributed by atoms with E-state index in [-0.39, 0.29) is 0 Å². The monoisotopic (exact) mass is 413 g/mol. The third-order valence-corrected chi connectivity index (χ3v) is 5.97. The number of hydrogen-bond acceptors (Lipinski definition) is 5. The number of pyridine rings is 1. The molecule has 3 heterocycles. The number of aromatic nitrogens is 1. The van der Waals surface area contributed by atoms with Crippen molar-refractivity contribution in [3.05, 3.63) is 84.4 Å². The summed E-state index contributed by atoms with van der Waals surface area (Å²) >= 11 is 0. The van der Waals surface area contributed by atoms with E-state index < -0.39 is 0 Å². The van der Waals surface area contributed by atoms with Crippen molar-refractivity contribution in [1.29, 1.82) is 0 Å². The Morgan fingerprint density at radius 1 is 0.871 bits per heavy atom. The van der Waals surface area contributed by atoms with Crippen molar-refractivity contribution >= 4 is 11.0 Å². The lowest BCUT2D eigenvalue weighted by molar-refractivity contribution is 0.116. The fourth-order valence-corrected chi connectivity index (χ4v) is 4.20. The summed E-state index contributed by atoms with van der Waals surface area (Å²) in [7, 11) is 1.70. The van der Waals surface area contributed by atoms with Gasteiger partial charge in [-0.2, -0.15) is 0 Å². The van der Waals surface area contributed by atoms with Crippen LogP contribution < -0.4 is 4.74 Å². The Morgan fingerprint density at radius 3 is 2.35 bits per heavy atom. The van der Waals surface area contributed by atoms with Gasteiger partial charge in [-0.25, -0.2) is 0 Å². The predicted octanol–water partition coefficient (Wildman–Crippen LogP) is 4.82. The molecule has 2 aromatic carbocycles. The maximum absolute atomic E-state index is 6.12. The number of nitrogens with zero attached hydrogens (tertiary/aromatic N) is 3. The molecule has 0 atom stereocenters. The van der Waals surface area contributed by atoms with Crippen molar-refractivity contribution in [2.45, 2.75) is 13.1 Å². The highest BCUT2D eigenvalue weighted by atomic mass is 16.5. The Kier molecular flexibility index (Phi) is 5.69. The molecule has 0 saturated carbocycles. The molecule has 1 aliphatic rings. The van der Waals surface area contributed by atoms with Gasteiger partial charge >= 0.3 is 0 Å². The third kappa shape index (κ3) is 4.63. The highest BCUT2D eigenvalue weighted by molar-refractivity contribution is 5.83. The summed E-state index contributed by atoms with van der Waals surface area (Å²) in [6, 6.07) is 21.0. The Bertz CT molecular complexity index is 1130. The number of ether oxygens (including phenoxy) is 1. The fraction of sp³-hybridized carbons (Fsp3) is 0.269. The minimum atomic E-state index is 0.854. The van der Waals surface area contributed by atoms with Crippen LogP contribution in [0.25, 0.3) is 22.1 Å². The minimum absolute atomic E-state index is 0.854. The van der Waals surface area contributed by atoms with Gasteiger partial charge in [0.05, 0.1) is 13.7 Å². The van der Waals surface area contributed by atoms with Crippen LogP contribution in [0, 0.1) is 0 Å². The highest BCUT2D eigenvalue weighted by Gasteiger charge is 2.18. The predicted molar refractivity (Wildman–Crippen MR) is 123 cm³/mol. The molecular formula is C26H27N3O2. The normalized spacial score (nSPS) is 15.4. The lowest BCUT2D eigenvalue weighted by Crippen LogP contribution is -2.45. The number of piperazine rings is 1. The molecule has 4 aromatic rings. The van der Waals surface area contributed by atoms with E-state index in [4.69, 9.17) is 9.15 Å². The second kappa shape index (κ2) is 8.92. The largest absolute Gasteiger partial charge is 0.497 e. The molecule has 2 aromatic heterocycles. The number of methoxy groups -OCH3 is 1. The van der Waals surface area contributed by atoms with Crippen LogP contribution in [0.1, 0.15) is 11.3 Å². The molecule has 0 N–H and O–H groups in total. The molecule has 0 bridgehead atoms. The van der Waals surface area contributed by atoms with Gasteiger partial charge in [0.1, 0.15) is 17.1 Å². The summed E-state index contributed by atoms with van der Waals surface area (Å²) in [5, 5.41) is 1.15. The number of benzene rings is 2. The number of furan rings is 1. The highest BCUT2D eigenvalue weighted by Crippen LogP contribution is 2.27. The first-order valence-corrected chi connectivity index (χ1v) is 10.8. The average Bonchev–Trinajstić information content (AvgIpc) is 3.23. The van der Waals surface area contributed by atoms with E-state index >= 15 is 0 Å². The maximum Gasteiger partial charge on any atom is 0.134 e. The second-order valence-electron chi connectivity index (χ2n) is 8.11. The van der Waals surface area contributed by atoms with E-state index in [0.717, 1.165) is 67.3 Å². The van der Waals surface area contributed by atoms with E-state index in [0.29, 0.717) is 0 Å². The van der Waals surface area contributed by atoms with Crippen molar-refractivity contribution in [2.24, 2.45) is 0 Å². The molecule has 0 amide bonds. The topological polar surface area (TPSA) is 41.7 Å². The first kappa shape index (κ1) is 19.8. The van der Waals surface area contributed by atoms with E-state index in [1.165, 1.54) is 11.1 Å². The summed E-state index contributed by atoms with van der Waals surface area (Å²) in [6.07, 6.45) is 3.70. The summed E-state index contributed by atoms with van der Waals surface area (Å²) in [4.78, 5) is 9.21. The first-order chi connectivity index (χ1) is 15.3. The molecule has 5 nitrogen and oxygen atoms in total. The van der Waals surface area contributed by atoms with E-state index in [1.807, 2.05) is 24.4 Å². The van der Waals surface area contributed by atoms with Crippen molar-refractivity contribution in [3.8, 4) is 16.9 Å². The number of hydrogen-bond donors (Lipinski definition) is 0. The van der Waals surface area contributed by atoms with Crippen LogP contribution in [-0.4, -0.2) is 48.1 Å². The standard InChI is InChI=1S/C26H27N3O2/c1-30-24-7-4-20(5-8-24)18-28-11-13-29(14-12-28)19-25-16-23-15-21(6-9-26(23)31-25)22-3-2-10-27-17-22/h2-10,15-17H,11-14,18-19H2,1H3. The quantitative estimate of drug-likeness (QED) is 0.453. The molecule has 0 unspecified atom stereocenters. The average molecular weight is 414 g/mol. The van der Waals surface area contributed by atoms with Crippen LogP contribution >= 0.6 is 0 Å². The molecule has 0 radical (unpaired) electrons. The van der Waals surface area contributed by atoms with E-state index in [9.17, 15) is 0 Å². The van der Waals surface area contributed by atoms with Gasteiger partial charge in [-0.05, 0) is 47.5 Å². The molecule has 31 heavy (non-hydrogen) atoms. The summed E-state index contributed by atoms with van der Waals surface area (Å²) < 4.78 is 11.4. The molecule has 0 spiro atoms. The van der Waals surface area contributed by atoms with Crippen molar-refractivity contribution in [1.82, 2.24) is 14.8 Å². The van der Waals surface area contributed by atoms with Gasteiger partial charge in [-0.1, -0.05) is 24.3 Å². The summed E-state index contributed by atoms with van der Waals surface area (Å²) in [6.45, 7) is 6.07. The molecule has 0 aliphatic carbocycles. The van der Waals surface area contributed by atoms with Crippen molar-refractivity contribution in [2.75, 3.05) is 33.3 Å². The molecule has 1 saturated heterocycles. The Balaban J connectivity index is 1.19. The summed E-state index contributed by atoms with van der Waals surface area (Å²) in [5.74, 6) is 1.94. The van der Waals surface area contributed by atoms with Gasteiger partial charge < -0.3 is 9.15 Å². The second-order valence-corrected chi connectivity index (χ2v) is 8.11. The first-order valence-electron chi connectivity index (χ1n) is 10.8. The third-order valence-electron chi connectivity index (χ3n) is 5.97. The van der Waals surface area contributed by atoms with Gasteiger partial charge in [-0.15, -0.1) is 0 Å². The zero-order chi connectivity index (χ0) is 21.0. The zero-order valence-electron chi connectivity index (χ0n) is 17.8. The Hall–Kier alpha value is -3.15. The Labute approximate surface area is 182 Å². The molecule has 158 valence electrons. The van der Waals surface area contributed by atoms with Crippen LogP contribution in [0.5, 0.6) is 5.75 Å². The van der Waals surface area contributed by atoms with Gasteiger partial charge in [0.25, 0.3) is 0 Å². The van der Waals surface area contributed by atoms with Crippen LogP contribution in [-0.2, 0) is 13.1 Å². The van der Waals surface area contributed by atoms with Gasteiger partial charge in [0, 0.05) is 56.1 Å². The number of rotatable bonds is 6. The lowest BCUT2D eigenvalue weighted by Gasteiger charge is -2.34. The maximum atomic E-state index is 6.12. The molecular weight excluding hydrogens is 386 g/mol. The van der Waals surface area contributed by atoms with E-state index in [1.54, 1.807) is 13.3 Å². The van der Waals surface area contributed by atoms with Gasteiger partial charge in [0.15, 0.2) is 0 Å². The minimum Gasteiger partial charge on any atom is -0.497 e. The zero-order valence-corrected chi connectivity index (χ0v) is 17.8.